The quantitative estimate of drug-likeness (QED) is 0.416. The lowest BCUT2D eigenvalue weighted by molar-refractivity contribution is 0.101. The molecular formula is C23H20F2N4OS. The first kappa shape index (κ1) is 22.2. The Kier molecular flexibility index (Phi) is 7.15. The van der Waals surface area contributed by atoms with E-state index in [1.54, 1.807) is 23.8 Å². The summed E-state index contributed by atoms with van der Waals surface area (Å²) in [5, 5.41) is 11.2. The number of halogens is 2. The second-order valence-electron chi connectivity index (χ2n) is 6.26. The van der Waals surface area contributed by atoms with E-state index in [4.69, 9.17) is 0 Å². The zero-order chi connectivity index (χ0) is 22.4. The highest BCUT2D eigenvalue weighted by Crippen LogP contribution is 2.30. The Morgan fingerprint density at radius 2 is 1.71 bits per heavy atom. The van der Waals surface area contributed by atoms with Crippen LogP contribution in [-0.4, -0.2) is 21.1 Å². The van der Waals surface area contributed by atoms with Crippen LogP contribution in [0.2, 0.25) is 0 Å². The molecule has 158 valence electrons. The molecule has 0 saturated heterocycles. The summed E-state index contributed by atoms with van der Waals surface area (Å²) < 4.78 is 27.5. The largest absolute Gasteiger partial charge is 0.306 e. The van der Waals surface area contributed by atoms with Crippen LogP contribution >= 0.6 is 11.3 Å². The summed E-state index contributed by atoms with van der Waals surface area (Å²) in [6.45, 7) is 5.98. The zero-order valence-corrected chi connectivity index (χ0v) is 18.0. The highest BCUT2D eigenvalue weighted by Gasteiger charge is 2.17. The predicted octanol–water partition coefficient (Wildman–Crippen LogP) is 6.13. The Labute approximate surface area is 182 Å². The lowest BCUT2D eigenvalue weighted by Gasteiger charge is -2.10. The molecule has 2 aromatic heterocycles. The molecule has 0 spiro atoms. The van der Waals surface area contributed by atoms with Crippen molar-refractivity contribution in [3.05, 3.63) is 83.0 Å². The number of hydrogen-bond acceptors (Lipinski definition) is 5. The van der Waals surface area contributed by atoms with Crippen molar-refractivity contribution in [2.75, 3.05) is 5.32 Å². The van der Waals surface area contributed by atoms with Crippen molar-refractivity contribution in [2.45, 2.75) is 20.8 Å². The van der Waals surface area contributed by atoms with Gasteiger partial charge in [0.25, 0.3) is 5.91 Å². The van der Waals surface area contributed by atoms with Crippen LogP contribution in [0.4, 0.5) is 14.6 Å². The molecule has 5 nitrogen and oxygen atoms in total. The van der Waals surface area contributed by atoms with E-state index in [9.17, 15) is 13.6 Å². The van der Waals surface area contributed by atoms with Crippen LogP contribution in [0.15, 0.2) is 60.2 Å². The van der Waals surface area contributed by atoms with Crippen molar-refractivity contribution < 1.29 is 13.6 Å². The van der Waals surface area contributed by atoms with Crippen molar-refractivity contribution in [1.29, 1.82) is 0 Å². The average molecular weight is 439 g/mol. The molecule has 0 fully saturated rings. The van der Waals surface area contributed by atoms with Crippen LogP contribution in [-0.2, 0) is 0 Å². The summed E-state index contributed by atoms with van der Waals surface area (Å²) in [4.78, 5) is 16.4. The third kappa shape index (κ3) is 4.97. The van der Waals surface area contributed by atoms with Gasteiger partial charge in [-0.2, -0.15) is 0 Å². The Hall–Kier alpha value is -3.52. The first-order valence-electron chi connectivity index (χ1n) is 9.62. The highest BCUT2D eigenvalue weighted by molar-refractivity contribution is 7.12. The van der Waals surface area contributed by atoms with E-state index in [0.29, 0.717) is 0 Å². The monoisotopic (exact) mass is 438 g/mol. The highest BCUT2D eigenvalue weighted by atomic mass is 32.1. The van der Waals surface area contributed by atoms with Gasteiger partial charge in [-0.25, -0.2) is 13.8 Å². The molecule has 2 heterocycles. The van der Waals surface area contributed by atoms with E-state index in [1.807, 2.05) is 39.0 Å². The molecule has 0 saturated carbocycles. The number of anilines is 1. The molecule has 0 atom stereocenters. The van der Waals surface area contributed by atoms with Gasteiger partial charge in [0.05, 0.1) is 0 Å². The maximum atomic E-state index is 13.8. The molecule has 0 aliphatic heterocycles. The van der Waals surface area contributed by atoms with Gasteiger partial charge in [-0.15, -0.1) is 10.2 Å². The summed E-state index contributed by atoms with van der Waals surface area (Å²) in [5.41, 5.74) is 4.82. The van der Waals surface area contributed by atoms with Crippen LogP contribution in [0.25, 0.3) is 21.7 Å². The van der Waals surface area contributed by atoms with Gasteiger partial charge < -0.3 is 5.32 Å². The van der Waals surface area contributed by atoms with E-state index in [0.717, 1.165) is 39.4 Å². The number of hydrogen-bond donors (Lipinski definition) is 1. The first-order valence-corrected chi connectivity index (χ1v) is 10.5. The van der Waals surface area contributed by atoms with Crippen molar-refractivity contribution >= 4 is 23.1 Å². The topological polar surface area (TPSA) is 67.8 Å². The van der Waals surface area contributed by atoms with E-state index in [-0.39, 0.29) is 5.82 Å². The minimum absolute atomic E-state index is 0.194. The van der Waals surface area contributed by atoms with Crippen LogP contribution in [0.3, 0.4) is 0 Å². The number of carbonyl (C=O) groups excluding carboxylic acids is 1. The number of amides is 1. The standard InChI is InChI=1S/C21H14F2N4OS.C2H6/c1-12-5-6-13(21-27-25-11-29-21)9-15(12)14-7-8-18(24-10-14)26-20(28)19-16(22)3-2-4-17(19)23;1-2/h2-11H,1H3,(H,24,26,28);1-2H3. The molecule has 2 aromatic carbocycles. The number of nitrogens with zero attached hydrogens (tertiary/aromatic N) is 3. The lowest BCUT2D eigenvalue weighted by Crippen LogP contribution is -2.16. The van der Waals surface area contributed by atoms with E-state index in [2.05, 4.69) is 20.5 Å². The lowest BCUT2D eigenvalue weighted by atomic mass is 9.99. The summed E-state index contributed by atoms with van der Waals surface area (Å²) in [5.74, 6) is -2.55. The molecule has 4 aromatic rings. The van der Waals surface area contributed by atoms with Gasteiger partial charge in [-0.3, -0.25) is 4.79 Å². The number of pyridine rings is 1. The molecule has 0 unspecified atom stereocenters. The van der Waals surface area contributed by atoms with E-state index >= 15 is 0 Å². The third-order valence-corrected chi connectivity index (χ3v) is 5.09. The summed E-state index contributed by atoms with van der Waals surface area (Å²) >= 11 is 1.45. The van der Waals surface area contributed by atoms with Crippen LogP contribution in [0, 0.1) is 18.6 Å². The number of aryl methyl sites for hydroxylation is 1. The molecule has 0 bridgehead atoms. The molecule has 0 aliphatic carbocycles. The van der Waals surface area contributed by atoms with Crippen LogP contribution in [0.5, 0.6) is 0 Å². The number of aromatic nitrogens is 3. The summed E-state index contributed by atoms with van der Waals surface area (Å²) in [6.07, 6.45) is 1.60. The summed E-state index contributed by atoms with van der Waals surface area (Å²) in [6, 6.07) is 12.6. The smallest absolute Gasteiger partial charge is 0.262 e. The molecule has 8 heteroatoms. The van der Waals surface area contributed by atoms with Gasteiger partial charge in [-0.05, 0) is 48.4 Å². The number of nitrogens with one attached hydrogen (secondary N) is 1. The minimum Gasteiger partial charge on any atom is -0.306 e. The van der Waals surface area contributed by atoms with Gasteiger partial charge in [-0.1, -0.05) is 43.4 Å². The Morgan fingerprint density at radius 1 is 1.00 bits per heavy atom. The predicted molar refractivity (Wildman–Crippen MR) is 119 cm³/mol. The third-order valence-electron chi connectivity index (χ3n) is 4.35. The number of rotatable bonds is 4. The molecule has 1 N–H and O–H groups in total. The Morgan fingerprint density at radius 3 is 2.32 bits per heavy atom. The number of benzene rings is 2. The molecule has 1 amide bonds. The van der Waals surface area contributed by atoms with Crippen molar-refractivity contribution in [3.63, 3.8) is 0 Å². The summed E-state index contributed by atoms with van der Waals surface area (Å²) in [7, 11) is 0. The fraction of sp³-hybridized carbons (Fsp3) is 0.130. The van der Waals surface area contributed by atoms with Gasteiger partial charge in [0.1, 0.15) is 33.5 Å². The fourth-order valence-corrected chi connectivity index (χ4v) is 3.44. The van der Waals surface area contributed by atoms with E-state index in [1.165, 1.54) is 17.4 Å². The fourth-order valence-electron chi connectivity index (χ4n) is 2.89. The van der Waals surface area contributed by atoms with Crippen LogP contribution < -0.4 is 5.32 Å². The minimum atomic E-state index is -0.928. The van der Waals surface area contributed by atoms with E-state index < -0.39 is 23.1 Å². The average Bonchev–Trinajstić information content (AvgIpc) is 3.31. The van der Waals surface area contributed by atoms with Crippen molar-refractivity contribution in [3.8, 4) is 21.7 Å². The number of carbonyl (C=O) groups is 1. The molecular weight excluding hydrogens is 418 g/mol. The molecule has 4 rings (SSSR count). The second kappa shape index (κ2) is 9.99. The molecule has 31 heavy (non-hydrogen) atoms. The van der Waals surface area contributed by atoms with Gasteiger partial charge in [0, 0.05) is 17.3 Å². The van der Waals surface area contributed by atoms with Crippen molar-refractivity contribution in [2.24, 2.45) is 0 Å². The Balaban J connectivity index is 0.00000132. The second-order valence-corrected chi connectivity index (χ2v) is 7.09. The first-order chi connectivity index (χ1) is 15.0. The molecule has 0 aliphatic rings. The molecule has 0 radical (unpaired) electrons. The van der Waals surface area contributed by atoms with Gasteiger partial charge in [0.15, 0.2) is 0 Å². The van der Waals surface area contributed by atoms with Crippen LogP contribution in [0.1, 0.15) is 29.8 Å². The van der Waals surface area contributed by atoms with Crippen molar-refractivity contribution in [1.82, 2.24) is 15.2 Å². The Bertz CT molecular complexity index is 1160. The zero-order valence-electron chi connectivity index (χ0n) is 17.2. The maximum absolute atomic E-state index is 13.8. The normalized spacial score (nSPS) is 10.2. The van der Waals surface area contributed by atoms with Gasteiger partial charge >= 0.3 is 0 Å². The maximum Gasteiger partial charge on any atom is 0.262 e. The SMILES string of the molecule is CC.Cc1ccc(-c2nncs2)cc1-c1ccc(NC(=O)c2c(F)cccc2F)nc1. The van der Waals surface area contributed by atoms with Gasteiger partial charge in [0.2, 0.25) is 0 Å².